The number of hydrogen-bond donors (Lipinski definition) is 0. The number of nitrogens with zero attached hydrogens (tertiary/aromatic N) is 3. The van der Waals surface area contributed by atoms with Gasteiger partial charge in [0, 0.05) is 38.1 Å². The standard InChI is InChI=1S/C27H41N3O3/c1-7-23(5)30(26(31)19-29(16-14-21(2)3)27(32)20-33-6)18-25-13-10-15-28(25)17-24-12-9-8-11-22(24)4/h8-13,15,21,23H,7,14,16-20H2,1-6H3. The van der Waals surface area contributed by atoms with E-state index in [0.717, 1.165) is 25.1 Å². The van der Waals surface area contributed by atoms with Crippen molar-refractivity contribution < 1.29 is 14.3 Å². The van der Waals surface area contributed by atoms with Crippen LogP contribution in [0.15, 0.2) is 42.6 Å². The quantitative estimate of drug-likeness (QED) is 0.447. The molecule has 2 aromatic rings. The summed E-state index contributed by atoms with van der Waals surface area (Å²) in [5, 5.41) is 0. The maximum Gasteiger partial charge on any atom is 0.249 e. The highest BCUT2D eigenvalue weighted by Crippen LogP contribution is 2.16. The molecule has 0 saturated heterocycles. The summed E-state index contributed by atoms with van der Waals surface area (Å²) in [5.74, 6) is 0.285. The first kappa shape index (κ1) is 26.7. The van der Waals surface area contributed by atoms with E-state index in [-0.39, 0.29) is 31.0 Å². The monoisotopic (exact) mass is 455 g/mol. The SMILES string of the molecule is CCC(C)N(Cc1cccn1Cc1ccccc1C)C(=O)CN(CCC(C)C)C(=O)COC. The Morgan fingerprint density at radius 3 is 2.42 bits per heavy atom. The lowest BCUT2D eigenvalue weighted by molar-refractivity contribution is -0.144. The van der Waals surface area contributed by atoms with Crippen molar-refractivity contribution in [2.24, 2.45) is 5.92 Å². The van der Waals surface area contributed by atoms with Crippen LogP contribution in [0.25, 0.3) is 0 Å². The topological polar surface area (TPSA) is 54.8 Å². The molecule has 33 heavy (non-hydrogen) atoms. The smallest absolute Gasteiger partial charge is 0.249 e. The van der Waals surface area contributed by atoms with Gasteiger partial charge < -0.3 is 19.1 Å². The average Bonchev–Trinajstić information content (AvgIpc) is 3.22. The van der Waals surface area contributed by atoms with Gasteiger partial charge in [0.15, 0.2) is 0 Å². The molecule has 1 aromatic carbocycles. The molecular weight excluding hydrogens is 414 g/mol. The summed E-state index contributed by atoms with van der Waals surface area (Å²) in [6.45, 7) is 12.4. The fraction of sp³-hybridized carbons (Fsp3) is 0.556. The van der Waals surface area contributed by atoms with Crippen LogP contribution in [0, 0.1) is 12.8 Å². The van der Waals surface area contributed by atoms with Crippen LogP contribution in [0.2, 0.25) is 0 Å². The number of rotatable bonds is 13. The van der Waals surface area contributed by atoms with Crippen LogP contribution in [0.1, 0.15) is 57.4 Å². The van der Waals surface area contributed by atoms with Crippen LogP contribution < -0.4 is 0 Å². The largest absolute Gasteiger partial charge is 0.375 e. The van der Waals surface area contributed by atoms with Gasteiger partial charge in [-0.2, -0.15) is 0 Å². The second-order valence-electron chi connectivity index (χ2n) is 9.26. The van der Waals surface area contributed by atoms with E-state index in [1.807, 2.05) is 11.0 Å². The predicted octanol–water partition coefficient (Wildman–Crippen LogP) is 4.49. The van der Waals surface area contributed by atoms with Gasteiger partial charge in [-0.05, 0) is 55.9 Å². The van der Waals surface area contributed by atoms with Gasteiger partial charge in [0.1, 0.15) is 6.61 Å². The van der Waals surface area contributed by atoms with E-state index < -0.39 is 0 Å². The molecule has 1 atom stereocenters. The summed E-state index contributed by atoms with van der Waals surface area (Å²) >= 11 is 0. The number of ether oxygens (including phenoxy) is 1. The molecule has 2 rings (SSSR count). The second-order valence-corrected chi connectivity index (χ2v) is 9.26. The van der Waals surface area contributed by atoms with Crippen molar-refractivity contribution in [2.45, 2.75) is 66.6 Å². The molecule has 1 heterocycles. The van der Waals surface area contributed by atoms with E-state index in [4.69, 9.17) is 4.74 Å². The zero-order chi connectivity index (χ0) is 24.4. The van der Waals surface area contributed by atoms with Crippen molar-refractivity contribution >= 4 is 11.8 Å². The molecule has 0 bridgehead atoms. The first-order valence-electron chi connectivity index (χ1n) is 12.0. The number of amides is 2. The van der Waals surface area contributed by atoms with E-state index in [1.165, 1.54) is 18.2 Å². The number of aryl methyl sites for hydroxylation is 1. The van der Waals surface area contributed by atoms with Gasteiger partial charge >= 0.3 is 0 Å². The molecule has 0 radical (unpaired) electrons. The number of methoxy groups -OCH3 is 1. The Labute approximate surface area is 199 Å². The number of carbonyl (C=O) groups excluding carboxylic acids is 2. The molecule has 0 spiro atoms. The zero-order valence-electron chi connectivity index (χ0n) is 21.2. The Balaban J connectivity index is 2.19. The zero-order valence-corrected chi connectivity index (χ0v) is 21.2. The number of carbonyl (C=O) groups is 2. The first-order chi connectivity index (χ1) is 15.8. The highest BCUT2D eigenvalue weighted by molar-refractivity contribution is 5.85. The molecule has 0 saturated carbocycles. The van der Waals surface area contributed by atoms with Crippen molar-refractivity contribution in [1.82, 2.24) is 14.4 Å². The highest BCUT2D eigenvalue weighted by Gasteiger charge is 2.25. The van der Waals surface area contributed by atoms with E-state index in [9.17, 15) is 9.59 Å². The first-order valence-corrected chi connectivity index (χ1v) is 12.0. The molecule has 6 nitrogen and oxygen atoms in total. The molecule has 182 valence electrons. The van der Waals surface area contributed by atoms with Gasteiger partial charge in [-0.1, -0.05) is 45.0 Å². The summed E-state index contributed by atoms with van der Waals surface area (Å²) in [6, 6.07) is 12.6. The molecule has 0 aliphatic heterocycles. The molecule has 6 heteroatoms. The number of hydrogen-bond acceptors (Lipinski definition) is 3. The molecular formula is C27H41N3O3. The fourth-order valence-corrected chi connectivity index (χ4v) is 3.78. The maximum absolute atomic E-state index is 13.4. The fourth-order valence-electron chi connectivity index (χ4n) is 3.78. The van der Waals surface area contributed by atoms with Crippen molar-refractivity contribution in [2.75, 3.05) is 26.8 Å². The van der Waals surface area contributed by atoms with E-state index in [0.29, 0.717) is 19.0 Å². The van der Waals surface area contributed by atoms with E-state index in [1.54, 1.807) is 4.90 Å². The lowest BCUT2D eigenvalue weighted by Gasteiger charge is -2.32. The van der Waals surface area contributed by atoms with Crippen LogP contribution in [0.5, 0.6) is 0 Å². The van der Waals surface area contributed by atoms with Gasteiger partial charge in [0.05, 0.1) is 13.1 Å². The molecule has 2 amide bonds. The van der Waals surface area contributed by atoms with Gasteiger partial charge in [0.2, 0.25) is 11.8 Å². The van der Waals surface area contributed by atoms with Gasteiger partial charge in [-0.15, -0.1) is 0 Å². The van der Waals surface area contributed by atoms with Gasteiger partial charge in [0.25, 0.3) is 0 Å². The summed E-state index contributed by atoms with van der Waals surface area (Å²) in [6.07, 6.45) is 3.77. The Morgan fingerprint density at radius 1 is 1.06 bits per heavy atom. The summed E-state index contributed by atoms with van der Waals surface area (Å²) in [7, 11) is 1.51. The van der Waals surface area contributed by atoms with Crippen LogP contribution in [0.4, 0.5) is 0 Å². The molecule has 0 fully saturated rings. The van der Waals surface area contributed by atoms with Crippen molar-refractivity contribution in [3.05, 3.63) is 59.4 Å². The number of aromatic nitrogens is 1. The number of benzene rings is 1. The van der Waals surface area contributed by atoms with Crippen LogP contribution in [-0.4, -0.2) is 59.0 Å². The maximum atomic E-state index is 13.4. The van der Waals surface area contributed by atoms with Crippen LogP contribution in [-0.2, 0) is 27.4 Å². The average molecular weight is 456 g/mol. The van der Waals surface area contributed by atoms with Gasteiger partial charge in [-0.3, -0.25) is 9.59 Å². The Bertz CT molecular complexity index is 890. The highest BCUT2D eigenvalue weighted by atomic mass is 16.5. The minimum Gasteiger partial charge on any atom is -0.375 e. The molecule has 0 aliphatic carbocycles. The van der Waals surface area contributed by atoms with E-state index in [2.05, 4.69) is 75.7 Å². The lowest BCUT2D eigenvalue weighted by Crippen LogP contribution is -2.47. The second kappa shape index (κ2) is 13.2. The summed E-state index contributed by atoms with van der Waals surface area (Å²) in [5.41, 5.74) is 3.61. The van der Waals surface area contributed by atoms with Crippen molar-refractivity contribution in [1.29, 1.82) is 0 Å². The van der Waals surface area contributed by atoms with Crippen LogP contribution >= 0.6 is 0 Å². The molecule has 0 aliphatic rings. The Morgan fingerprint density at radius 2 is 1.79 bits per heavy atom. The lowest BCUT2D eigenvalue weighted by atomic mass is 10.1. The van der Waals surface area contributed by atoms with Crippen molar-refractivity contribution in [3.8, 4) is 0 Å². The third-order valence-corrected chi connectivity index (χ3v) is 6.22. The molecule has 1 unspecified atom stereocenters. The van der Waals surface area contributed by atoms with Crippen molar-refractivity contribution in [3.63, 3.8) is 0 Å². The molecule has 0 N–H and O–H groups in total. The van der Waals surface area contributed by atoms with E-state index >= 15 is 0 Å². The third kappa shape index (κ3) is 8.04. The van der Waals surface area contributed by atoms with Crippen LogP contribution in [0.3, 0.4) is 0 Å². The molecule has 1 aromatic heterocycles. The Hall–Kier alpha value is -2.60. The third-order valence-electron chi connectivity index (χ3n) is 6.22. The van der Waals surface area contributed by atoms with Gasteiger partial charge in [-0.25, -0.2) is 0 Å². The summed E-state index contributed by atoms with van der Waals surface area (Å²) in [4.78, 5) is 29.6. The minimum atomic E-state index is -0.140. The predicted molar refractivity (Wildman–Crippen MR) is 133 cm³/mol. The summed E-state index contributed by atoms with van der Waals surface area (Å²) < 4.78 is 7.26. The minimum absolute atomic E-state index is 0.00597. The Kier molecular flexibility index (Phi) is 10.7. The normalized spacial score (nSPS) is 12.1.